The van der Waals surface area contributed by atoms with Crippen LogP contribution in [-0.2, 0) is 4.79 Å². The lowest BCUT2D eigenvalue weighted by Crippen LogP contribution is -2.48. The topological polar surface area (TPSA) is 66.7 Å². The minimum atomic E-state index is -0.382. The fourth-order valence-corrected chi connectivity index (χ4v) is 3.01. The number of hydrogen-bond donors (Lipinski definition) is 0. The smallest absolute Gasteiger partial charge is 0.223 e. The van der Waals surface area contributed by atoms with Crippen molar-refractivity contribution in [2.75, 3.05) is 31.1 Å². The number of oxazole rings is 1. The summed E-state index contributed by atoms with van der Waals surface area (Å²) in [5.41, 5.74) is 0.943. The van der Waals surface area contributed by atoms with E-state index in [4.69, 9.17) is 16.0 Å². The Bertz CT molecular complexity index is 738. The van der Waals surface area contributed by atoms with Gasteiger partial charge in [0, 0.05) is 49.7 Å². The number of piperazine rings is 1. The van der Waals surface area contributed by atoms with Crippen LogP contribution in [0.2, 0.25) is 5.02 Å². The highest BCUT2D eigenvalue weighted by Gasteiger charge is 2.22. The second kappa shape index (κ2) is 7.65. The van der Waals surface area contributed by atoms with Crippen molar-refractivity contribution in [2.45, 2.75) is 12.8 Å². The lowest BCUT2D eigenvalue weighted by molar-refractivity contribution is -0.131. The zero-order valence-electron chi connectivity index (χ0n) is 13.5. The number of carbonyl (C=O) groups excluding carboxylic acids is 2. The zero-order valence-corrected chi connectivity index (χ0v) is 14.2. The number of amides is 1. The molecular formula is C17H17ClFN3O3. The third-order valence-electron chi connectivity index (χ3n) is 4.13. The predicted octanol–water partition coefficient (Wildman–Crippen LogP) is 2.78. The molecule has 0 N–H and O–H groups in total. The molecule has 0 atom stereocenters. The van der Waals surface area contributed by atoms with E-state index in [1.54, 1.807) is 11.0 Å². The number of carbonyl (C=O) groups is 2. The van der Waals surface area contributed by atoms with Gasteiger partial charge in [0.1, 0.15) is 17.8 Å². The SMILES string of the molecule is O=C(CCC(=O)N1CCN(c2cc(F)cc(Cl)c2)CC1)c1cocn1. The van der Waals surface area contributed by atoms with Crippen molar-refractivity contribution >= 4 is 29.0 Å². The fourth-order valence-electron chi connectivity index (χ4n) is 2.79. The van der Waals surface area contributed by atoms with Crippen LogP contribution in [0.1, 0.15) is 23.3 Å². The minimum Gasteiger partial charge on any atom is -0.451 e. The number of halogens is 2. The first kappa shape index (κ1) is 17.4. The highest BCUT2D eigenvalue weighted by atomic mass is 35.5. The highest BCUT2D eigenvalue weighted by Crippen LogP contribution is 2.23. The van der Waals surface area contributed by atoms with E-state index in [1.807, 2.05) is 4.90 Å². The molecule has 0 unspecified atom stereocenters. The molecule has 0 spiro atoms. The van der Waals surface area contributed by atoms with Crippen molar-refractivity contribution in [3.8, 4) is 0 Å². The number of nitrogens with zero attached hydrogens (tertiary/aromatic N) is 3. The summed E-state index contributed by atoms with van der Waals surface area (Å²) >= 11 is 5.89. The number of benzene rings is 1. The van der Waals surface area contributed by atoms with Gasteiger partial charge in [-0.2, -0.15) is 0 Å². The van der Waals surface area contributed by atoms with E-state index in [1.165, 1.54) is 24.8 Å². The lowest BCUT2D eigenvalue weighted by Gasteiger charge is -2.36. The fraction of sp³-hybridized carbons (Fsp3) is 0.353. The average Bonchev–Trinajstić information content (AvgIpc) is 3.13. The van der Waals surface area contributed by atoms with Crippen LogP contribution in [0.5, 0.6) is 0 Å². The molecule has 132 valence electrons. The molecule has 1 aliphatic rings. The summed E-state index contributed by atoms with van der Waals surface area (Å²) < 4.78 is 18.2. The van der Waals surface area contributed by atoms with Gasteiger partial charge < -0.3 is 14.2 Å². The van der Waals surface area contributed by atoms with Gasteiger partial charge >= 0.3 is 0 Å². The monoisotopic (exact) mass is 365 g/mol. The maximum absolute atomic E-state index is 13.5. The number of ketones is 1. The van der Waals surface area contributed by atoms with Gasteiger partial charge in [-0.05, 0) is 18.2 Å². The van der Waals surface area contributed by atoms with Crippen molar-refractivity contribution < 1.29 is 18.4 Å². The van der Waals surface area contributed by atoms with Crippen LogP contribution in [-0.4, -0.2) is 47.8 Å². The first-order chi connectivity index (χ1) is 12.0. The Hall–Kier alpha value is -2.41. The molecule has 8 heteroatoms. The van der Waals surface area contributed by atoms with Crippen LogP contribution >= 0.6 is 11.6 Å². The van der Waals surface area contributed by atoms with Gasteiger partial charge in [-0.25, -0.2) is 9.37 Å². The van der Waals surface area contributed by atoms with Crippen molar-refractivity contribution in [2.24, 2.45) is 0 Å². The van der Waals surface area contributed by atoms with E-state index in [9.17, 15) is 14.0 Å². The molecule has 6 nitrogen and oxygen atoms in total. The third kappa shape index (κ3) is 4.36. The van der Waals surface area contributed by atoms with Crippen molar-refractivity contribution in [1.29, 1.82) is 0 Å². The second-order valence-corrected chi connectivity index (χ2v) is 6.23. The van der Waals surface area contributed by atoms with Crippen LogP contribution in [0.15, 0.2) is 35.3 Å². The minimum absolute atomic E-state index is 0.0752. The van der Waals surface area contributed by atoms with E-state index in [2.05, 4.69) is 4.98 Å². The normalized spacial score (nSPS) is 14.6. The Kier molecular flexibility index (Phi) is 5.33. The largest absolute Gasteiger partial charge is 0.451 e. The van der Waals surface area contributed by atoms with Gasteiger partial charge in [-0.1, -0.05) is 11.6 Å². The number of anilines is 1. The Morgan fingerprint density at radius 1 is 1.16 bits per heavy atom. The summed E-state index contributed by atoms with van der Waals surface area (Å²) in [6, 6.07) is 4.40. The van der Waals surface area contributed by atoms with Crippen LogP contribution in [0.4, 0.5) is 10.1 Å². The molecule has 25 heavy (non-hydrogen) atoms. The van der Waals surface area contributed by atoms with Crippen LogP contribution < -0.4 is 4.90 Å². The van der Waals surface area contributed by atoms with Gasteiger partial charge in [-0.15, -0.1) is 0 Å². The van der Waals surface area contributed by atoms with Gasteiger partial charge in [0.05, 0.1) is 0 Å². The number of rotatable bonds is 5. The molecule has 2 aromatic rings. The molecule has 0 radical (unpaired) electrons. The Morgan fingerprint density at radius 3 is 2.56 bits per heavy atom. The molecule has 3 rings (SSSR count). The summed E-state index contributed by atoms with van der Waals surface area (Å²) in [6.45, 7) is 2.21. The summed E-state index contributed by atoms with van der Waals surface area (Å²) in [4.78, 5) is 31.6. The van der Waals surface area contributed by atoms with Crippen LogP contribution in [0.3, 0.4) is 0 Å². The van der Waals surface area contributed by atoms with E-state index in [0.29, 0.717) is 36.9 Å². The summed E-state index contributed by atoms with van der Waals surface area (Å²) in [5, 5.41) is 0.347. The van der Waals surface area contributed by atoms with E-state index < -0.39 is 0 Å². The summed E-state index contributed by atoms with van der Waals surface area (Å²) in [6.07, 6.45) is 2.70. The van der Waals surface area contributed by atoms with Crippen LogP contribution in [0.25, 0.3) is 0 Å². The van der Waals surface area contributed by atoms with E-state index in [0.717, 1.165) is 0 Å². The summed E-state index contributed by atoms with van der Waals surface area (Å²) in [7, 11) is 0. The quantitative estimate of drug-likeness (QED) is 0.762. The first-order valence-corrected chi connectivity index (χ1v) is 8.31. The Morgan fingerprint density at radius 2 is 1.92 bits per heavy atom. The predicted molar refractivity (Wildman–Crippen MR) is 90.3 cm³/mol. The Labute approximate surface area is 149 Å². The summed E-state index contributed by atoms with van der Waals surface area (Å²) in [5.74, 6) is -0.670. The molecule has 1 aliphatic heterocycles. The second-order valence-electron chi connectivity index (χ2n) is 5.79. The maximum atomic E-state index is 13.5. The first-order valence-electron chi connectivity index (χ1n) is 7.93. The lowest BCUT2D eigenvalue weighted by atomic mass is 10.1. The molecular weight excluding hydrogens is 349 g/mol. The van der Waals surface area contributed by atoms with Gasteiger partial charge in [-0.3, -0.25) is 9.59 Å². The van der Waals surface area contributed by atoms with Crippen LogP contribution in [0, 0.1) is 5.82 Å². The molecule has 1 saturated heterocycles. The van der Waals surface area contributed by atoms with Gasteiger partial charge in [0.25, 0.3) is 0 Å². The van der Waals surface area contributed by atoms with Crippen molar-refractivity contribution in [1.82, 2.24) is 9.88 Å². The third-order valence-corrected chi connectivity index (χ3v) is 4.35. The molecule has 0 saturated carbocycles. The molecule has 2 heterocycles. The van der Waals surface area contributed by atoms with E-state index >= 15 is 0 Å². The van der Waals surface area contributed by atoms with Crippen molar-refractivity contribution in [3.05, 3.63) is 47.4 Å². The number of aromatic nitrogens is 1. The molecule has 1 aromatic carbocycles. The average molecular weight is 366 g/mol. The number of hydrogen-bond acceptors (Lipinski definition) is 5. The zero-order chi connectivity index (χ0) is 17.8. The van der Waals surface area contributed by atoms with Crippen molar-refractivity contribution in [3.63, 3.8) is 0 Å². The van der Waals surface area contributed by atoms with Gasteiger partial charge in [0.2, 0.25) is 5.91 Å². The van der Waals surface area contributed by atoms with Gasteiger partial charge in [0.15, 0.2) is 12.2 Å². The Balaban J connectivity index is 1.50. The maximum Gasteiger partial charge on any atom is 0.223 e. The molecule has 0 aliphatic carbocycles. The van der Waals surface area contributed by atoms with E-state index in [-0.39, 0.29) is 36.0 Å². The standard InChI is InChI=1S/C17H17ClFN3O3/c18-12-7-13(19)9-14(8-12)21-3-5-22(6-4-21)17(24)2-1-16(23)15-10-25-11-20-15/h7-11H,1-6H2. The highest BCUT2D eigenvalue weighted by molar-refractivity contribution is 6.30. The number of Topliss-reactive ketones (excluding diaryl/α,β-unsaturated/α-hetero) is 1. The molecule has 1 amide bonds. The molecule has 1 aromatic heterocycles. The molecule has 1 fully saturated rings. The molecule has 0 bridgehead atoms.